The van der Waals surface area contributed by atoms with E-state index in [1.807, 2.05) is 0 Å². The number of aliphatic hydroxyl groups is 1. The highest BCUT2D eigenvalue weighted by Crippen LogP contribution is 2.06. The molecule has 0 rings (SSSR count). The van der Waals surface area contributed by atoms with Crippen LogP contribution in [0, 0.1) is 0 Å². The molecule has 0 spiro atoms. The van der Waals surface area contributed by atoms with E-state index in [0.29, 0.717) is 0 Å². The first-order valence-corrected chi connectivity index (χ1v) is 2.95. The number of methoxy groups -OCH3 is 1. The van der Waals surface area contributed by atoms with Gasteiger partial charge >= 0.3 is 5.97 Å². The SMILES string of the molecule is COC(=O)[C@@H](N)C(C)(C)O. The fourth-order valence-electron chi connectivity index (χ4n) is 0.415. The molecule has 0 aromatic rings. The topological polar surface area (TPSA) is 72.5 Å². The van der Waals surface area contributed by atoms with E-state index in [1.165, 1.54) is 21.0 Å². The van der Waals surface area contributed by atoms with Gasteiger partial charge in [0.05, 0.1) is 12.7 Å². The summed E-state index contributed by atoms with van der Waals surface area (Å²) in [6.07, 6.45) is 0. The van der Waals surface area contributed by atoms with Crippen molar-refractivity contribution in [1.29, 1.82) is 0 Å². The lowest BCUT2D eigenvalue weighted by atomic mass is 10.0. The van der Waals surface area contributed by atoms with Crippen molar-refractivity contribution in [2.45, 2.75) is 25.5 Å². The lowest BCUT2D eigenvalue weighted by Gasteiger charge is -2.22. The van der Waals surface area contributed by atoms with Crippen molar-refractivity contribution in [3.63, 3.8) is 0 Å². The van der Waals surface area contributed by atoms with Gasteiger partial charge in [-0.2, -0.15) is 0 Å². The maximum absolute atomic E-state index is 10.7. The quantitative estimate of drug-likeness (QED) is 0.504. The van der Waals surface area contributed by atoms with Crippen molar-refractivity contribution in [2.75, 3.05) is 7.11 Å². The van der Waals surface area contributed by atoms with Crippen molar-refractivity contribution < 1.29 is 14.6 Å². The highest BCUT2D eigenvalue weighted by Gasteiger charge is 2.30. The highest BCUT2D eigenvalue weighted by atomic mass is 16.5. The summed E-state index contributed by atoms with van der Waals surface area (Å²) in [4.78, 5) is 10.7. The van der Waals surface area contributed by atoms with E-state index in [-0.39, 0.29) is 0 Å². The van der Waals surface area contributed by atoms with E-state index in [9.17, 15) is 4.79 Å². The van der Waals surface area contributed by atoms with Gasteiger partial charge in [0.2, 0.25) is 0 Å². The minimum Gasteiger partial charge on any atom is -0.468 e. The van der Waals surface area contributed by atoms with Gasteiger partial charge in [0.1, 0.15) is 6.04 Å². The lowest BCUT2D eigenvalue weighted by molar-refractivity contribution is -0.147. The molecule has 0 unspecified atom stereocenters. The zero-order valence-corrected chi connectivity index (χ0v) is 6.42. The molecule has 4 nitrogen and oxygen atoms in total. The number of carbonyl (C=O) groups is 1. The van der Waals surface area contributed by atoms with Crippen LogP contribution >= 0.6 is 0 Å². The first-order valence-electron chi connectivity index (χ1n) is 2.95. The van der Waals surface area contributed by atoms with E-state index in [2.05, 4.69) is 4.74 Å². The predicted octanol–water partition coefficient (Wildman–Crippen LogP) is -0.742. The summed E-state index contributed by atoms with van der Waals surface area (Å²) in [6.45, 7) is 2.91. The van der Waals surface area contributed by atoms with Crippen LogP contribution in [0.25, 0.3) is 0 Å². The molecule has 4 heteroatoms. The van der Waals surface area contributed by atoms with Crippen LogP contribution in [0.5, 0.6) is 0 Å². The van der Waals surface area contributed by atoms with Crippen LogP contribution in [-0.4, -0.2) is 29.8 Å². The molecule has 0 amide bonds. The van der Waals surface area contributed by atoms with Gasteiger partial charge < -0.3 is 15.6 Å². The van der Waals surface area contributed by atoms with E-state index >= 15 is 0 Å². The minimum absolute atomic E-state index is 0.604. The van der Waals surface area contributed by atoms with E-state index < -0.39 is 17.6 Å². The Morgan fingerprint density at radius 1 is 1.70 bits per heavy atom. The number of carbonyl (C=O) groups excluding carboxylic acids is 1. The average Bonchev–Trinajstić information content (AvgIpc) is 1.83. The van der Waals surface area contributed by atoms with Gasteiger partial charge in [0, 0.05) is 0 Å². The van der Waals surface area contributed by atoms with Crippen molar-refractivity contribution in [3.05, 3.63) is 0 Å². The molecular formula is C6H13NO3. The average molecular weight is 147 g/mol. The molecular weight excluding hydrogens is 134 g/mol. The molecule has 0 aromatic carbocycles. The molecule has 0 saturated carbocycles. The number of hydrogen-bond acceptors (Lipinski definition) is 4. The van der Waals surface area contributed by atoms with E-state index in [4.69, 9.17) is 10.8 Å². The first-order chi connectivity index (χ1) is 4.39. The van der Waals surface area contributed by atoms with E-state index in [0.717, 1.165) is 0 Å². The number of nitrogens with two attached hydrogens (primary N) is 1. The zero-order chi connectivity index (χ0) is 8.36. The molecule has 0 bridgehead atoms. The lowest BCUT2D eigenvalue weighted by Crippen LogP contribution is -2.49. The summed E-state index contributed by atoms with van der Waals surface area (Å²) in [7, 11) is 1.23. The number of esters is 1. The molecule has 0 aliphatic carbocycles. The van der Waals surface area contributed by atoms with Crippen LogP contribution in [0.4, 0.5) is 0 Å². The van der Waals surface area contributed by atoms with Gasteiger partial charge in [-0.05, 0) is 13.8 Å². The fourth-order valence-corrected chi connectivity index (χ4v) is 0.415. The Balaban J connectivity index is 4.08. The molecule has 60 valence electrons. The molecule has 0 saturated heterocycles. The Morgan fingerprint density at radius 2 is 2.10 bits per heavy atom. The Labute approximate surface area is 60.0 Å². The van der Waals surface area contributed by atoms with Gasteiger partial charge in [0.25, 0.3) is 0 Å². The Kier molecular flexibility index (Phi) is 2.80. The third kappa shape index (κ3) is 2.33. The maximum atomic E-state index is 10.7. The Morgan fingerprint density at radius 3 is 2.20 bits per heavy atom. The standard InChI is InChI=1S/C6H13NO3/c1-6(2,9)4(7)5(8)10-3/h4,9H,7H2,1-3H3/t4-/m1/s1. The van der Waals surface area contributed by atoms with Crippen LogP contribution < -0.4 is 5.73 Å². The summed E-state index contributed by atoms with van der Waals surface area (Å²) < 4.78 is 4.31. The number of rotatable bonds is 2. The van der Waals surface area contributed by atoms with Crippen molar-refractivity contribution in [3.8, 4) is 0 Å². The molecule has 3 N–H and O–H groups in total. The summed E-state index contributed by atoms with van der Waals surface area (Å²) in [5, 5.41) is 9.16. The summed E-state index contributed by atoms with van der Waals surface area (Å²) in [5.74, 6) is -0.604. The van der Waals surface area contributed by atoms with Crippen LogP contribution in [0.2, 0.25) is 0 Å². The molecule has 0 aliphatic heterocycles. The van der Waals surface area contributed by atoms with Gasteiger partial charge in [-0.3, -0.25) is 4.79 Å². The predicted molar refractivity (Wildman–Crippen MR) is 36.3 cm³/mol. The molecule has 0 radical (unpaired) electrons. The van der Waals surface area contributed by atoms with Crippen LogP contribution in [0.3, 0.4) is 0 Å². The Hall–Kier alpha value is -0.610. The van der Waals surface area contributed by atoms with Gasteiger partial charge in [-0.1, -0.05) is 0 Å². The molecule has 0 heterocycles. The summed E-state index contributed by atoms with van der Waals surface area (Å²) in [6, 6.07) is -0.975. The first kappa shape index (κ1) is 9.39. The normalized spacial score (nSPS) is 14.5. The molecule has 0 fully saturated rings. The largest absolute Gasteiger partial charge is 0.468 e. The van der Waals surface area contributed by atoms with Crippen molar-refractivity contribution in [2.24, 2.45) is 5.73 Å². The van der Waals surface area contributed by atoms with Crippen molar-refractivity contribution in [1.82, 2.24) is 0 Å². The third-order valence-electron chi connectivity index (χ3n) is 1.22. The highest BCUT2D eigenvalue weighted by molar-refractivity contribution is 5.76. The second-order valence-electron chi connectivity index (χ2n) is 2.65. The van der Waals surface area contributed by atoms with Crippen LogP contribution in [0.1, 0.15) is 13.8 Å². The molecule has 0 aromatic heterocycles. The van der Waals surface area contributed by atoms with Gasteiger partial charge in [-0.25, -0.2) is 0 Å². The second-order valence-corrected chi connectivity index (χ2v) is 2.65. The minimum atomic E-state index is -1.22. The number of hydrogen-bond donors (Lipinski definition) is 2. The van der Waals surface area contributed by atoms with Crippen molar-refractivity contribution >= 4 is 5.97 Å². The smallest absolute Gasteiger partial charge is 0.325 e. The molecule has 10 heavy (non-hydrogen) atoms. The van der Waals surface area contributed by atoms with Gasteiger partial charge in [-0.15, -0.1) is 0 Å². The zero-order valence-electron chi connectivity index (χ0n) is 6.42. The van der Waals surface area contributed by atoms with Gasteiger partial charge in [0.15, 0.2) is 0 Å². The Bertz CT molecular complexity index is 127. The maximum Gasteiger partial charge on any atom is 0.325 e. The van der Waals surface area contributed by atoms with Crippen LogP contribution in [0.15, 0.2) is 0 Å². The number of ether oxygens (including phenoxy) is 1. The van der Waals surface area contributed by atoms with Crippen LogP contribution in [-0.2, 0) is 9.53 Å². The molecule has 1 atom stereocenters. The summed E-state index contributed by atoms with van der Waals surface area (Å²) >= 11 is 0. The summed E-state index contributed by atoms with van der Waals surface area (Å²) in [5.41, 5.74) is 4.07. The fraction of sp³-hybridized carbons (Fsp3) is 0.833. The monoisotopic (exact) mass is 147 g/mol. The molecule has 0 aliphatic rings. The second kappa shape index (κ2) is 2.98. The third-order valence-corrected chi connectivity index (χ3v) is 1.22. The van der Waals surface area contributed by atoms with E-state index in [1.54, 1.807) is 0 Å².